The van der Waals surface area contributed by atoms with Gasteiger partial charge in [-0.15, -0.1) is 0 Å². The SMILES string of the molecule is O=C(NC1CCN(Cc2cccnc2)CC1)N1CCC[C@@H](c2ncc[nH]2)C1. The van der Waals surface area contributed by atoms with Crippen molar-refractivity contribution in [2.24, 2.45) is 0 Å². The lowest BCUT2D eigenvalue weighted by molar-refractivity contribution is 0.158. The molecule has 4 rings (SSSR count). The molecule has 0 aliphatic carbocycles. The first kappa shape index (κ1) is 18.0. The van der Waals surface area contributed by atoms with Crippen LogP contribution in [0.15, 0.2) is 36.9 Å². The van der Waals surface area contributed by atoms with Crippen LogP contribution in [0.25, 0.3) is 0 Å². The Morgan fingerprint density at radius 2 is 2.11 bits per heavy atom. The van der Waals surface area contributed by atoms with Gasteiger partial charge in [0, 0.05) is 69.5 Å². The van der Waals surface area contributed by atoms with Crippen LogP contribution in [0.1, 0.15) is 43.0 Å². The van der Waals surface area contributed by atoms with E-state index in [4.69, 9.17) is 0 Å². The van der Waals surface area contributed by atoms with Crippen LogP contribution in [0, 0.1) is 0 Å². The summed E-state index contributed by atoms with van der Waals surface area (Å²) in [5.41, 5.74) is 1.25. The molecule has 2 aliphatic heterocycles. The Kier molecular flexibility index (Phi) is 5.67. The summed E-state index contributed by atoms with van der Waals surface area (Å²) < 4.78 is 0. The molecule has 0 unspecified atom stereocenters. The Balaban J connectivity index is 1.23. The van der Waals surface area contributed by atoms with Gasteiger partial charge in [-0.25, -0.2) is 9.78 Å². The van der Waals surface area contributed by atoms with Crippen molar-refractivity contribution in [1.29, 1.82) is 0 Å². The van der Waals surface area contributed by atoms with E-state index in [0.29, 0.717) is 5.92 Å². The Morgan fingerprint density at radius 3 is 2.85 bits per heavy atom. The lowest BCUT2D eigenvalue weighted by Crippen LogP contribution is -2.51. The van der Waals surface area contributed by atoms with Gasteiger partial charge in [-0.1, -0.05) is 6.07 Å². The van der Waals surface area contributed by atoms with Crippen LogP contribution in [0.4, 0.5) is 4.79 Å². The van der Waals surface area contributed by atoms with E-state index in [0.717, 1.165) is 64.2 Å². The van der Waals surface area contributed by atoms with Crippen LogP contribution in [-0.2, 0) is 6.54 Å². The molecule has 0 radical (unpaired) electrons. The molecule has 1 atom stereocenters. The van der Waals surface area contributed by atoms with Crippen molar-refractivity contribution in [3.05, 3.63) is 48.3 Å². The van der Waals surface area contributed by atoms with Crippen LogP contribution < -0.4 is 5.32 Å². The fraction of sp³-hybridized carbons (Fsp3) is 0.550. The summed E-state index contributed by atoms with van der Waals surface area (Å²) in [7, 11) is 0. The van der Waals surface area contributed by atoms with Gasteiger partial charge < -0.3 is 15.2 Å². The van der Waals surface area contributed by atoms with E-state index < -0.39 is 0 Å². The van der Waals surface area contributed by atoms with Gasteiger partial charge in [0.05, 0.1) is 0 Å². The number of carbonyl (C=O) groups excluding carboxylic acids is 1. The number of nitrogens with zero attached hydrogens (tertiary/aromatic N) is 4. The molecule has 0 saturated carbocycles. The zero-order chi connectivity index (χ0) is 18.5. The summed E-state index contributed by atoms with van der Waals surface area (Å²) in [4.78, 5) is 28.9. The maximum Gasteiger partial charge on any atom is 0.317 e. The second kappa shape index (κ2) is 8.52. The molecule has 4 heterocycles. The second-order valence-corrected chi connectivity index (χ2v) is 7.62. The molecule has 2 N–H and O–H groups in total. The van der Waals surface area contributed by atoms with Crippen molar-refractivity contribution in [1.82, 2.24) is 30.1 Å². The number of pyridine rings is 1. The molecule has 0 aromatic carbocycles. The first-order valence-corrected chi connectivity index (χ1v) is 9.94. The number of hydrogen-bond acceptors (Lipinski definition) is 4. The van der Waals surface area contributed by atoms with E-state index in [2.05, 4.69) is 31.2 Å². The fourth-order valence-corrected chi connectivity index (χ4v) is 4.14. The van der Waals surface area contributed by atoms with Crippen LogP contribution in [0.2, 0.25) is 0 Å². The van der Waals surface area contributed by atoms with Crippen molar-refractivity contribution < 1.29 is 4.79 Å². The van der Waals surface area contributed by atoms with Crippen LogP contribution in [0.5, 0.6) is 0 Å². The van der Waals surface area contributed by atoms with E-state index in [9.17, 15) is 4.79 Å². The summed E-state index contributed by atoms with van der Waals surface area (Å²) in [5, 5.41) is 3.26. The second-order valence-electron chi connectivity index (χ2n) is 7.62. The highest BCUT2D eigenvalue weighted by Gasteiger charge is 2.28. The summed E-state index contributed by atoms with van der Waals surface area (Å²) >= 11 is 0. The minimum Gasteiger partial charge on any atom is -0.348 e. The Hall–Kier alpha value is -2.41. The molecule has 7 heteroatoms. The topological polar surface area (TPSA) is 77.2 Å². The third-order valence-electron chi connectivity index (χ3n) is 5.66. The molecule has 2 aliphatic rings. The molecule has 2 saturated heterocycles. The van der Waals surface area contributed by atoms with Crippen molar-refractivity contribution in [2.75, 3.05) is 26.2 Å². The monoisotopic (exact) mass is 368 g/mol. The first-order chi connectivity index (χ1) is 13.3. The summed E-state index contributed by atoms with van der Waals surface area (Å²) in [6, 6.07) is 4.45. The number of aromatic amines is 1. The normalized spacial score (nSPS) is 21.9. The molecule has 2 amide bonds. The first-order valence-electron chi connectivity index (χ1n) is 9.94. The summed E-state index contributed by atoms with van der Waals surface area (Å²) in [6.45, 7) is 4.54. The average Bonchev–Trinajstić information content (AvgIpc) is 3.25. The third kappa shape index (κ3) is 4.66. The Morgan fingerprint density at radius 1 is 1.22 bits per heavy atom. The number of imidazole rings is 1. The van der Waals surface area contributed by atoms with Crippen molar-refractivity contribution in [3.8, 4) is 0 Å². The molecule has 2 fully saturated rings. The molecule has 0 bridgehead atoms. The molecular weight excluding hydrogens is 340 g/mol. The maximum atomic E-state index is 12.7. The van der Waals surface area contributed by atoms with Crippen molar-refractivity contribution in [3.63, 3.8) is 0 Å². The highest BCUT2D eigenvalue weighted by molar-refractivity contribution is 5.74. The molecular formula is C20H28N6O. The largest absolute Gasteiger partial charge is 0.348 e. The predicted octanol–water partition coefficient (Wildman–Crippen LogP) is 2.36. The minimum atomic E-state index is 0.0805. The van der Waals surface area contributed by atoms with Gasteiger partial charge in [-0.2, -0.15) is 0 Å². The number of amides is 2. The number of piperidine rings is 2. The highest BCUT2D eigenvalue weighted by atomic mass is 16.2. The molecule has 144 valence electrons. The van der Waals surface area contributed by atoms with Gasteiger partial charge in [0.25, 0.3) is 0 Å². The predicted molar refractivity (Wildman–Crippen MR) is 103 cm³/mol. The van der Waals surface area contributed by atoms with Crippen molar-refractivity contribution >= 4 is 6.03 Å². The highest BCUT2D eigenvalue weighted by Crippen LogP contribution is 2.24. The number of H-pyrrole nitrogens is 1. The number of rotatable bonds is 4. The summed E-state index contributed by atoms with van der Waals surface area (Å²) in [5.74, 6) is 1.32. The van der Waals surface area contributed by atoms with Gasteiger partial charge in [-0.3, -0.25) is 9.88 Å². The molecule has 27 heavy (non-hydrogen) atoms. The zero-order valence-electron chi connectivity index (χ0n) is 15.7. The van der Waals surface area contributed by atoms with Crippen LogP contribution >= 0.6 is 0 Å². The van der Waals surface area contributed by atoms with E-state index >= 15 is 0 Å². The number of likely N-dealkylation sites (tertiary alicyclic amines) is 2. The maximum absolute atomic E-state index is 12.7. The number of nitrogens with one attached hydrogen (secondary N) is 2. The van der Waals surface area contributed by atoms with Crippen LogP contribution in [-0.4, -0.2) is 63.0 Å². The Labute approximate surface area is 160 Å². The van der Waals surface area contributed by atoms with Crippen molar-refractivity contribution in [2.45, 2.75) is 44.2 Å². The third-order valence-corrected chi connectivity index (χ3v) is 5.66. The van der Waals surface area contributed by atoms with E-state index in [1.807, 2.05) is 29.6 Å². The molecule has 7 nitrogen and oxygen atoms in total. The smallest absolute Gasteiger partial charge is 0.317 e. The number of aromatic nitrogens is 3. The quantitative estimate of drug-likeness (QED) is 0.869. The molecule has 0 spiro atoms. The number of hydrogen-bond donors (Lipinski definition) is 2. The van der Waals surface area contributed by atoms with E-state index in [-0.39, 0.29) is 12.1 Å². The van der Waals surface area contributed by atoms with E-state index in [1.54, 1.807) is 6.20 Å². The average molecular weight is 368 g/mol. The molecule has 2 aromatic heterocycles. The van der Waals surface area contributed by atoms with Gasteiger partial charge >= 0.3 is 6.03 Å². The minimum absolute atomic E-state index is 0.0805. The molecule has 2 aromatic rings. The Bertz CT molecular complexity index is 711. The zero-order valence-corrected chi connectivity index (χ0v) is 15.7. The number of urea groups is 1. The lowest BCUT2D eigenvalue weighted by Gasteiger charge is -2.36. The lowest BCUT2D eigenvalue weighted by atomic mass is 9.97. The van der Waals surface area contributed by atoms with Gasteiger partial charge in [-0.05, 0) is 37.3 Å². The van der Waals surface area contributed by atoms with Gasteiger partial charge in [0.15, 0.2) is 0 Å². The van der Waals surface area contributed by atoms with Gasteiger partial charge in [0.1, 0.15) is 5.82 Å². The number of carbonyl (C=O) groups is 1. The standard InChI is InChI=1S/C20H28N6O/c27-20(26-10-2-4-17(15-26)19-22-8-9-23-19)24-18-5-11-25(12-6-18)14-16-3-1-7-21-13-16/h1,3,7-9,13,17-18H,2,4-6,10-12,14-15H2,(H,22,23)(H,24,27)/t17-/m1/s1. The summed E-state index contributed by atoms with van der Waals surface area (Å²) in [6.07, 6.45) is 11.5. The van der Waals surface area contributed by atoms with Gasteiger partial charge in [0.2, 0.25) is 0 Å². The van der Waals surface area contributed by atoms with Crippen LogP contribution in [0.3, 0.4) is 0 Å². The fourth-order valence-electron chi connectivity index (χ4n) is 4.14. The van der Waals surface area contributed by atoms with E-state index in [1.165, 1.54) is 5.56 Å².